The summed E-state index contributed by atoms with van der Waals surface area (Å²) in [6.07, 6.45) is 6.13. The van der Waals surface area contributed by atoms with Crippen LogP contribution in [-0.4, -0.2) is 41.8 Å². The third kappa shape index (κ3) is 4.27. The summed E-state index contributed by atoms with van der Waals surface area (Å²) in [5.41, 5.74) is 8.01. The monoisotopic (exact) mass is 457 g/mol. The van der Waals surface area contributed by atoms with E-state index in [0.29, 0.717) is 12.5 Å². The number of aryl methyl sites for hydroxylation is 2. The second-order valence-electron chi connectivity index (χ2n) is 9.65. The van der Waals surface area contributed by atoms with Crippen LogP contribution in [0.1, 0.15) is 66.7 Å². The van der Waals surface area contributed by atoms with E-state index in [1.807, 2.05) is 25.2 Å². The molecule has 0 saturated heterocycles. The first-order chi connectivity index (χ1) is 16.5. The van der Waals surface area contributed by atoms with Crippen LogP contribution in [0.4, 0.5) is 11.6 Å². The fourth-order valence-corrected chi connectivity index (χ4v) is 4.96. The molecule has 34 heavy (non-hydrogen) atoms. The molecule has 178 valence electrons. The highest BCUT2D eigenvalue weighted by Crippen LogP contribution is 2.45. The Morgan fingerprint density at radius 3 is 2.59 bits per heavy atom. The number of anilines is 2. The van der Waals surface area contributed by atoms with Crippen LogP contribution in [0.5, 0.6) is 0 Å². The van der Waals surface area contributed by atoms with Crippen LogP contribution in [-0.2, 0) is 17.6 Å². The van der Waals surface area contributed by atoms with E-state index < -0.39 is 0 Å². The second-order valence-corrected chi connectivity index (χ2v) is 9.65. The molecule has 2 heterocycles. The average molecular weight is 458 g/mol. The van der Waals surface area contributed by atoms with Crippen LogP contribution in [0.15, 0.2) is 36.5 Å². The number of rotatable bonds is 8. The zero-order chi connectivity index (χ0) is 23.8. The maximum atomic E-state index is 6.15. The quantitative estimate of drug-likeness (QED) is 0.484. The minimum absolute atomic E-state index is 0.0800. The van der Waals surface area contributed by atoms with Gasteiger partial charge in [-0.2, -0.15) is 0 Å². The summed E-state index contributed by atoms with van der Waals surface area (Å²) >= 11 is 0. The van der Waals surface area contributed by atoms with Crippen molar-refractivity contribution in [3.05, 3.63) is 64.6 Å². The van der Waals surface area contributed by atoms with Crippen molar-refractivity contribution in [2.24, 2.45) is 0 Å². The molecular formula is C28H35N5O. The molecule has 0 aliphatic heterocycles. The van der Waals surface area contributed by atoms with E-state index in [9.17, 15) is 0 Å². The molecule has 6 heteroatoms. The highest BCUT2D eigenvalue weighted by molar-refractivity contribution is 5.69. The van der Waals surface area contributed by atoms with Crippen LogP contribution >= 0.6 is 0 Å². The molecule has 1 saturated carbocycles. The standard InChI is InChI=1S/C28H35N5O/c1-6-22-28(32-26-20-11-9-8-10-19(20)15-23(26)34-7-2)31-25(18-12-13-18)27(30-22)21-16-29-24(33(4)5)14-17(21)3/h8-11,14,16,18,23,26H,6-7,12-13,15H2,1-5H3,(H,31,32)/t23-,26+/m0/s1. The number of hydrogen-bond acceptors (Lipinski definition) is 6. The lowest BCUT2D eigenvalue weighted by Gasteiger charge is -2.24. The van der Waals surface area contributed by atoms with Gasteiger partial charge in [-0.15, -0.1) is 0 Å². The number of nitrogens with one attached hydrogen (secondary N) is 1. The Morgan fingerprint density at radius 1 is 1.12 bits per heavy atom. The Hall–Kier alpha value is -2.99. The van der Waals surface area contributed by atoms with E-state index in [4.69, 9.17) is 14.7 Å². The van der Waals surface area contributed by atoms with Gasteiger partial charge in [-0.05, 0) is 55.9 Å². The summed E-state index contributed by atoms with van der Waals surface area (Å²) in [5.74, 6) is 2.33. The number of benzene rings is 1. The van der Waals surface area contributed by atoms with Crippen LogP contribution in [0.25, 0.3) is 11.3 Å². The summed E-state index contributed by atoms with van der Waals surface area (Å²) in [6.45, 7) is 7.06. The highest BCUT2D eigenvalue weighted by Gasteiger charge is 2.35. The Labute approximate surface area is 202 Å². The topological polar surface area (TPSA) is 63.2 Å². The molecule has 1 N–H and O–H groups in total. The van der Waals surface area contributed by atoms with E-state index in [2.05, 4.69) is 61.4 Å². The summed E-state index contributed by atoms with van der Waals surface area (Å²) in [5, 5.41) is 3.77. The SMILES string of the molecule is CCO[C@H]1Cc2ccccc2[C@H]1Nc1nc(C2CC2)c(-c2cnc(N(C)C)cc2C)nc1CC. The summed E-state index contributed by atoms with van der Waals surface area (Å²) < 4.78 is 6.15. The molecule has 5 rings (SSSR count). The third-order valence-corrected chi connectivity index (χ3v) is 6.96. The van der Waals surface area contributed by atoms with E-state index >= 15 is 0 Å². The maximum absolute atomic E-state index is 6.15. The lowest BCUT2D eigenvalue weighted by atomic mass is 10.0. The van der Waals surface area contributed by atoms with E-state index in [1.165, 1.54) is 29.5 Å². The summed E-state index contributed by atoms with van der Waals surface area (Å²) in [6, 6.07) is 10.9. The largest absolute Gasteiger partial charge is 0.376 e. The van der Waals surface area contributed by atoms with Gasteiger partial charge in [0.15, 0.2) is 0 Å². The molecule has 0 spiro atoms. The number of nitrogens with zero attached hydrogens (tertiary/aromatic N) is 4. The van der Waals surface area contributed by atoms with Gasteiger partial charge in [0.1, 0.15) is 11.6 Å². The lowest BCUT2D eigenvalue weighted by molar-refractivity contribution is 0.0573. The van der Waals surface area contributed by atoms with Crippen molar-refractivity contribution in [2.75, 3.05) is 30.9 Å². The van der Waals surface area contributed by atoms with Crippen LogP contribution < -0.4 is 10.2 Å². The van der Waals surface area contributed by atoms with Crippen LogP contribution in [0, 0.1) is 6.92 Å². The molecule has 1 fully saturated rings. The van der Waals surface area contributed by atoms with Crippen molar-refractivity contribution in [3.63, 3.8) is 0 Å². The van der Waals surface area contributed by atoms with Gasteiger partial charge in [0.05, 0.1) is 29.2 Å². The van der Waals surface area contributed by atoms with Gasteiger partial charge < -0.3 is 15.0 Å². The number of fused-ring (bicyclic) bond motifs is 1. The summed E-state index contributed by atoms with van der Waals surface area (Å²) in [7, 11) is 4.03. The van der Waals surface area contributed by atoms with Gasteiger partial charge in [-0.25, -0.2) is 15.0 Å². The van der Waals surface area contributed by atoms with Crippen molar-refractivity contribution < 1.29 is 4.74 Å². The van der Waals surface area contributed by atoms with Crippen LogP contribution in [0.3, 0.4) is 0 Å². The molecule has 2 aliphatic rings. The van der Waals surface area contributed by atoms with Crippen molar-refractivity contribution in [1.29, 1.82) is 0 Å². The summed E-state index contributed by atoms with van der Waals surface area (Å²) in [4.78, 5) is 17.2. The minimum Gasteiger partial charge on any atom is -0.376 e. The predicted octanol–water partition coefficient (Wildman–Crippen LogP) is 5.47. The Bertz CT molecular complexity index is 1190. The second kappa shape index (κ2) is 9.34. The third-order valence-electron chi connectivity index (χ3n) is 6.96. The first-order valence-corrected chi connectivity index (χ1v) is 12.5. The van der Waals surface area contributed by atoms with Crippen LogP contribution in [0.2, 0.25) is 0 Å². The fraction of sp³-hybridized carbons (Fsp3) is 0.464. The molecule has 3 aromatic rings. The van der Waals surface area contributed by atoms with Gasteiger partial charge in [-0.3, -0.25) is 0 Å². The van der Waals surface area contributed by atoms with Gasteiger partial charge in [0, 0.05) is 44.8 Å². The highest BCUT2D eigenvalue weighted by atomic mass is 16.5. The predicted molar refractivity (Wildman–Crippen MR) is 138 cm³/mol. The van der Waals surface area contributed by atoms with Gasteiger partial charge >= 0.3 is 0 Å². The van der Waals surface area contributed by atoms with Crippen molar-refractivity contribution in [2.45, 2.75) is 64.5 Å². The zero-order valence-electron chi connectivity index (χ0n) is 20.9. The molecule has 0 amide bonds. The smallest absolute Gasteiger partial charge is 0.148 e. The molecule has 0 bridgehead atoms. The van der Waals surface area contributed by atoms with E-state index in [1.54, 1.807) is 0 Å². The van der Waals surface area contributed by atoms with Gasteiger partial charge in [0.2, 0.25) is 0 Å². The normalized spacial score (nSPS) is 19.2. The average Bonchev–Trinajstić information content (AvgIpc) is 3.62. The molecule has 1 aromatic carbocycles. The fourth-order valence-electron chi connectivity index (χ4n) is 4.96. The van der Waals surface area contributed by atoms with Crippen molar-refractivity contribution in [3.8, 4) is 11.3 Å². The minimum atomic E-state index is 0.0800. The molecule has 2 aromatic heterocycles. The van der Waals surface area contributed by atoms with E-state index in [-0.39, 0.29) is 12.1 Å². The van der Waals surface area contributed by atoms with Gasteiger partial charge in [0.25, 0.3) is 0 Å². The van der Waals surface area contributed by atoms with Crippen molar-refractivity contribution >= 4 is 11.6 Å². The molecule has 2 aliphatic carbocycles. The number of ether oxygens (including phenoxy) is 1. The number of aromatic nitrogens is 3. The zero-order valence-corrected chi connectivity index (χ0v) is 20.9. The van der Waals surface area contributed by atoms with Crippen molar-refractivity contribution in [1.82, 2.24) is 15.0 Å². The Balaban J connectivity index is 1.55. The van der Waals surface area contributed by atoms with Gasteiger partial charge in [-0.1, -0.05) is 31.2 Å². The number of hydrogen-bond donors (Lipinski definition) is 1. The Kier molecular flexibility index (Phi) is 6.26. The lowest BCUT2D eigenvalue weighted by Crippen LogP contribution is -2.26. The number of pyridine rings is 1. The Morgan fingerprint density at radius 2 is 1.91 bits per heavy atom. The van der Waals surface area contributed by atoms with E-state index in [0.717, 1.165) is 47.1 Å². The molecule has 0 unspecified atom stereocenters. The maximum Gasteiger partial charge on any atom is 0.148 e. The molecule has 0 radical (unpaired) electrons. The first kappa shape index (κ1) is 22.8. The molecule has 6 nitrogen and oxygen atoms in total. The molecular weight excluding hydrogens is 422 g/mol. The first-order valence-electron chi connectivity index (χ1n) is 12.5. The molecule has 2 atom stereocenters.